The van der Waals surface area contributed by atoms with Gasteiger partial charge in [-0.25, -0.2) is 0 Å². The summed E-state index contributed by atoms with van der Waals surface area (Å²) in [6.45, 7) is 9.10. The van der Waals surface area contributed by atoms with E-state index in [2.05, 4.69) is 25.0 Å². The highest BCUT2D eigenvalue weighted by Crippen LogP contribution is 2.12. The first-order chi connectivity index (χ1) is 6.72. The molecule has 0 amide bonds. The molecule has 2 unspecified atom stereocenters. The average Bonchev–Trinajstić information content (AvgIpc) is 2.66. The minimum Gasteiger partial charge on any atom is -0.368 e. The Labute approximate surface area is 92.4 Å². The first-order valence-electron chi connectivity index (χ1n) is 5.59. The molecule has 1 fully saturated rings. The van der Waals surface area contributed by atoms with Crippen molar-refractivity contribution in [3.63, 3.8) is 0 Å². The maximum atomic E-state index is 5.70. The maximum absolute atomic E-state index is 5.70. The predicted molar refractivity (Wildman–Crippen MR) is 63.8 cm³/mol. The summed E-state index contributed by atoms with van der Waals surface area (Å²) in [4.78, 5) is 2.55. The highest BCUT2D eigenvalue weighted by atomic mass is 32.2. The lowest BCUT2D eigenvalue weighted by Gasteiger charge is -2.21. The van der Waals surface area contributed by atoms with E-state index in [0.29, 0.717) is 11.4 Å². The Morgan fingerprint density at radius 3 is 2.50 bits per heavy atom. The lowest BCUT2D eigenvalue weighted by atomic mass is 10.2. The van der Waals surface area contributed by atoms with Crippen LogP contribution in [-0.4, -0.2) is 42.8 Å². The molecule has 1 saturated heterocycles. The highest BCUT2D eigenvalue weighted by molar-refractivity contribution is 7.99. The number of ether oxygens (including phenoxy) is 1. The van der Waals surface area contributed by atoms with Gasteiger partial charge in [-0.15, -0.1) is 11.8 Å². The van der Waals surface area contributed by atoms with E-state index in [-0.39, 0.29) is 0 Å². The third-order valence-corrected chi connectivity index (χ3v) is 3.52. The van der Waals surface area contributed by atoms with Crippen molar-refractivity contribution in [2.45, 2.75) is 32.1 Å². The summed E-state index contributed by atoms with van der Waals surface area (Å²) < 4.78 is 5.70. The number of hydrogen-bond donors (Lipinski definition) is 0. The fraction of sp³-hybridized carbons (Fsp3) is 1.00. The van der Waals surface area contributed by atoms with Gasteiger partial charge < -0.3 is 9.64 Å². The molecule has 14 heavy (non-hydrogen) atoms. The van der Waals surface area contributed by atoms with Crippen LogP contribution in [0.2, 0.25) is 0 Å². The van der Waals surface area contributed by atoms with Gasteiger partial charge in [-0.05, 0) is 45.0 Å². The quantitative estimate of drug-likeness (QED) is 0.634. The Hall–Kier alpha value is 0.270. The third kappa shape index (κ3) is 4.67. The summed E-state index contributed by atoms with van der Waals surface area (Å²) in [6, 6.07) is 0. The Morgan fingerprint density at radius 2 is 1.93 bits per heavy atom. The summed E-state index contributed by atoms with van der Waals surface area (Å²) in [5.41, 5.74) is 0.344. The molecular weight excluding hydrogens is 194 g/mol. The van der Waals surface area contributed by atoms with Gasteiger partial charge in [0.2, 0.25) is 0 Å². The summed E-state index contributed by atoms with van der Waals surface area (Å²) in [5, 5.41) is 0. The molecule has 2 nitrogen and oxygen atoms in total. The number of nitrogens with zero attached hydrogens (tertiary/aromatic N) is 1. The zero-order chi connectivity index (χ0) is 10.4. The molecule has 1 aliphatic heterocycles. The van der Waals surface area contributed by atoms with Crippen LogP contribution in [0.5, 0.6) is 0 Å². The highest BCUT2D eigenvalue weighted by Gasteiger charge is 2.15. The lowest BCUT2D eigenvalue weighted by Crippen LogP contribution is -2.28. The van der Waals surface area contributed by atoms with Crippen molar-refractivity contribution in [2.24, 2.45) is 5.92 Å². The monoisotopic (exact) mass is 217 g/mol. The van der Waals surface area contributed by atoms with Crippen molar-refractivity contribution < 1.29 is 4.74 Å². The molecule has 0 spiro atoms. The van der Waals surface area contributed by atoms with Crippen LogP contribution < -0.4 is 0 Å². The molecule has 0 aromatic carbocycles. The van der Waals surface area contributed by atoms with Gasteiger partial charge in [-0.3, -0.25) is 0 Å². The molecule has 3 heteroatoms. The second kappa shape index (κ2) is 6.70. The molecule has 84 valence electrons. The fourth-order valence-electron chi connectivity index (χ4n) is 1.83. The lowest BCUT2D eigenvalue weighted by molar-refractivity contribution is 0.0832. The Kier molecular flexibility index (Phi) is 5.90. The van der Waals surface area contributed by atoms with Crippen molar-refractivity contribution in [1.82, 2.24) is 4.90 Å². The topological polar surface area (TPSA) is 12.5 Å². The average molecular weight is 217 g/mol. The van der Waals surface area contributed by atoms with Crippen LogP contribution in [0.15, 0.2) is 0 Å². The van der Waals surface area contributed by atoms with Crippen LogP contribution in [0, 0.1) is 5.92 Å². The van der Waals surface area contributed by atoms with Crippen molar-refractivity contribution in [3.05, 3.63) is 0 Å². The number of thioether (sulfide) groups is 1. The number of likely N-dealkylation sites (tertiary alicyclic amines) is 1. The first kappa shape index (κ1) is 12.3. The Balaban J connectivity index is 2.05. The SMILES string of the molecule is CSC(C)OCC(C)CN1CCCC1. The molecule has 0 aromatic heterocycles. The smallest absolute Gasteiger partial charge is 0.0996 e. The molecule has 0 radical (unpaired) electrons. The molecule has 1 rings (SSSR count). The molecule has 2 atom stereocenters. The number of rotatable bonds is 6. The van der Waals surface area contributed by atoms with Crippen LogP contribution in [0.4, 0.5) is 0 Å². The predicted octanol–water partition coefficient (Wildman–Crippen LogP) is 2.44. The van der Waals surface area contributed by atoms with Crippen LogP contribution in [0.3, 0.4) is 0 Å². The maximum Gasteiger partial charge on any atom is 0.0996 e. The molecular formula is C11H23NOS. The summed E-state index contributed by atoms with van der Waals surface area (Å²) in [6.07, 6.45) is 4.86. The molecule has 0 saturated carbocycles. The molecule has 0 N–H and O–H groups in total. The van der Waals surface area contributed by atoms with E-state index in [1.54, 1.807) is 11.8 Å². The van der Waals surface area contributed by atoms with Gasteiger partial charge in [-0.1, -0.05) is 6.92 Å². The van der Waals surface area contributed by atoms with E-state index in [4.69, 9.17) is 4.74 Å². The van der Waals surface area contributed by atoms with Crippen LogP contribution in [-0.2, 0) is 4.74 Å². The van der Waals surface area contributed by atoms with Crippen LogP contribution in [0.1, 0.15) is 26.7 Å². The molecule has 0 bridgehead atoms. The van der Waals surface area contributed by atoms with E-state index >= 15 is 0 Å². The minimum absolute atomic E-state index is 0.344. The van der Waals surface area contributed by atoms with Gasteiger partial charge in [0.25, 0.3) is 0 Å². The van der Waals surface area contributed by atoms with Gasteiger partial charge in [0.15, 0.2) is 0 Å². The van der Waals surface area contributed by atoms with Crippen molar-refractivity contribution in [2.75, 3.05) is 32.5 Å². The summed E-state index contributed by atoms with van der Waals surface area (Å²) in [5.74, 6) is 0.669. The zero-order valence-corrected chi connectivity index (χ0v) is 10.5. The van der Waals surface area contributed by atoms with Crippen molar-refractivity contribution >= 4 is 11.8 Å². The second-order valence-electron chi connectivity index (χ2n) is 4.25. The van der Waals surface area contributed by atoms with E-state index in [9.17, 15) is 0 Å². The number of hydrogen-bond acceptors (Lipinski definition) is 3. The fourth-order valence-corrected chi connectivity index (χ4v) is 2.04. The van der Waals surface area contributed by atoms with E-state index in [1.165, 1.54) is 32.5 Å². The molecule has 1 aliphatic rings. The van der Waals surface area contributed by atoms with Crippen LogP contribution in [0.25, 0.3) is 0 Å². The van der Waals surface area contributed by atoms with Gasteiger partial charge in [0.1, 0.15) is 0 Å². The van der Waals surface area contributed by atoms with Gasteiger partial charge in [0.05, 0.1) is 12.0 Å². The van der Waals surface area contributed by atoms with Gasteiger partial charge in [0, 0.05) is 6.54 Å². The van der Waals surface area contributed by atoms with Gasteiger partial charge >= 0.3 is 0 Å². The minimum atomic E-state index is 0.344. The molecule has 0 aromatic rings. The zero-order valence-electron chi connectivity index (χ0n) is 9.66. The van der Waals surface area contributed by atoms with Gasteiger partial charge in [-0.2, -0.15) is 0 Å². The van der Waals surface area contributed by atoms with Crippen molar-refractivity contribution in [1.29, 1.82) is 0 Å². The van der Waals surface area contributed by atoms with E-state index < -0.39 is 0 Å². The van der Waals surface area contributed by atoms with Crippen molar-refractivity contribution in [3.8, 4) is 0 Å². The Morgan fingerprint density at radius 1 is 1.29 bits per heavy atom. The third-order valence-electron chi connectivity index (χ3n) is 2.72. The second-order valence-corrected chi connectivity index (χ2v) is 5.38. The normalized spacial score (nSPS) is 22.5. The molecule has 0 aliphatic carbocycles. The standard InChI is InChI=1S/C11H23NOS/c1-10(9-13-11(2)14-3)8-12-6-4-5-7-12/h10-11H,4-9H2,1-3H3. The summed E-state index contributed by atoms with van der Waals surface area (Å²) in [7, 11) is 0. The largest absolute Gasteiger partial charge is 0.368 e. The Bertz CT molecular complexity index is 148. The summed E-state index contributed by atoms with van der Waals surface area (Å²) >= 11 is 1.77. The van der Waals surface area contributed by atoms with E-state index in [1.807, 2.05) is 0 Å². The first-order valence-corrected chi connectivity index (χ1v) is 6.88. The van der Waals surface area contributed by atoms with Crippen LogP contribution >= 0.6 is 11.8 Å². The van der Waals surface area contributed by atoms with E-state index in [0.717, 1.165) is 6.61 Å². The molecule has 1 heterocycles.